The van der Waals surface area contributed by atoms with Gasteiger partial charge in [0.15, 0.2) is 0 Å². The topological polar surface area (TPSA) is 15.3 Å². The van der Waals surface area contributed by atoms with E-state index in [2.05, 4.69) is 42.3 Å². The molecule has 0 radical (unpaired) electrons. The van der Waals surface area contributed by atoms with Crippen molar-refractivity contribution in [1.29, 1.82) is 0 Å². The van der Waals surface area contributed by atoms with Gasteiger partial charge < -0.3 is 5.32 Å². The number of nitrogens with one attached hydrogen (secondary N) is 1. The van der Waals surface area contributed by atoms with Crippen LogP contribution in [-0.4, -0.2) is 36.6 Å². The molecule has 0 amide bonds. The largest absolute Gasteiger partial charge is 0.312 e. The van der Waals surface area contributed by atoms with E-state index in [1.165, 1.54) is 44.3 Å². The van der Waals surface area contributed by atoms with E-state index in [4.69, 9.17) is 0 Å². The molecule has 17 heavy (non-hydrogen) atoms. The molecule has 2 nitrogen and oxygen atoms in total. The summed E-state index contributed by atoms with van der Waals surface area (Å²) in [6.07, 6.45) is 12.1. The molecule has 0 atom stereocenters. The molecule has 0 spiro atoms. The van der Waals surface area contributed by atoms with Gasteiger partial charge in [-0.3, -0.25) is 4.90 Å². The van der Waals surface area contributed by atoms with Crippen molar-refractivity contribution in [3.63, 3.8) is 0 Å². The Kier molecular flexibility index (Phi) is 4.81. The van der Waals surface area contributed by atoms with E-state index < -0.39 is 0 Å². The summed E-state index contributed by atoms with van der Waals surface area (Å²) < 4.78 is 0. The van der Waals surface area contributed by atoms with Gasteiger partial charge in [0, 0.05) is 18.6 Å². The number of piperidine rings is 1. The lowest BCUT2D eigenvalue weighted by Crippen LogP contribution is -2.45. The highest BCUT2D eigenvalue weighted by molar-refractivity contribution is 5.23. The lowest BCUT2D eigenvalue weighted by atomic mass is 10.0. The minimum atomic E-state index is 0.621. The fourth-order valence-corrected chi connectivity index (χ4v) is 2.77. The number of rotatable bonds is 4. The Hall–Kier alpha value is -0.600. The molecule has 1 saturated heterocycles. The Labute approximate surface area is 106 Å². The smallest absolute Gasteiger partial charge is 0.0230 e. The van der Waals surface area contributed by atoms with Crippen molar-refractivity contribution in [3.8, 4) is 0 Å². The first kappa shape index (κ1) is 12.8. The molecule has 2 aliphatic rings. The van der Waals surface area contributed by atoms with Gasteiger partial charge in [0.25, 0.3) is 0 Å². The summed E-state index contributed by atoms with van der Waals surface area (Å²) in [5.74, 6) is 0. The molecule has 0 aromatic heterocycles. The van der Waals surface area contributed by atoms with Gasteiger partial charge in [-0.05, 0) is 44.3 Å². The van der Waals surface area contributed by atoms with Crippen LogP contribution in [0.25, 0.3) is 0 Å². The summed E-state index contributed by atoms with van der Waals surface area (Å²) in [5, 5.41) is 3.65. The van der Waals surface area contributed by atoms with Crippen LogP contribution in [0.3, 0.4) is 0 Å². The van der Waals surface area contributed by atoms with Gasteiger partial charge in [-0.2, -0.15) is 0 Å². The van der Waals surface area contributed by atoms with Crippen molar-refractivity contribution >= 4 is 0 Å². The van der Waals surface area contributed by atoms with Crippen LogP contribution >= 0.6 is 0 Å². The Bertz CT molecular complexity index is 283. The lowest BCUT2D eigenvalue weighted by Gasteiger charge is -2.33. The summed E-state index contributed by atoms with van der Waals surface area (Å²) in [4.78, 5) is 2.60. The number of hydrogen-bond acceptors (Lipinski definition) is 2. The van der Waals surface area contributed by atoms with Gasteiger partial charge >= 0.3 is 0 Å². The molecule has 0 aromatic carbocycles. The van der Waals surface area contributed by atoms with Crippen LogP contribution in [0.1, 0.15) is 39.5 Å². The van der Waals surface area contributed by atoms with Crippen molar-refractivity contribution in [1.82, 2.24) is 10.2 Å². The third-order valence-corrected chi connectivity index (χ3v) is 3.63. The van der Waals surface area contributed by atoms with Crippen LogP contribution in [0.15, 0.2) is 23.8 Å². The highest BCUT2D eigenvalue weighted by atomic mass is 15.1. The predicted molar refractivity (Wildman–Crippen MR) is 74.2 cm³/mol. The van der Waals surface area contributed by atoms with Crippen LogP contribution in [0.2, 0.25) is 0 Å². The van der Waals surface area contributed by atoms with E-state index >= 15 is 0 Å². The quantitative estimate of drug-likeness (QED) is 0.804. The molecular weight excluding hydrogens is 208 g/mol. The van der Waals surface area contributed by atoms with Crippen molar-refractivity contribution in [2.24, 2.45) is 0 Å². The van der Waals surface area contributed by atoms with Gasteiger partial charge in [-0.15, -0.1) is 0 Å². The van der Waals surface area contributed by atoms with Crippen molar-refractivity contribution < 1.29 is 0 Å². The SMILES string of the molecule is CC(C)NC1CCN(CC2=CCCC=C2)CC1. The second-order valence-electron chi connectivity index (χ2n) is 5.63. The van der Waals surface area contributed by atoms with Crippen molar-refractivity contribution in [3.05, 3.63) is 23.8 Å². The zero-order valence-electron chi connectivity index (χ0n) is 11.3. The lowest BCUT2D eigenvalue weighted by molar-refractivity contribution is 0.207. The number of nitrogens with zero attached hydrogens (tertiary/aromatic N) is 1. The Morgan fingerprint density at radius 2 is 2.06 bits per heavy atom. The summed E-state index contributed by atoms with van der Waals surface area (Å²) in [5.41, 5.74) is 1.52. The molecule has 1 N–H and O–H groups in total. The van der Waals surface area contributed by atoms with Gasteiger partial charge in [0.1, 0.15) is 0 Å². The zero-order chi connectivity index (χ0) is 12.1. The third-order valence-electron chi connectivity index (χ3n) is 3.63. The molecule has 2 heteroatoms. The number of hydrogen-bond donors (Lipinski definition) is 1. The van der Waals surface area contributed by atoms with E-state index in [0.717, 1.165) is 12.6 Å². The zero-order valence-corrected chi connectivity index (χ0v) is 11.3. The standard InChI is InChI=1S/C15H26N2/c1-13(2)16-15-8-10-17(11-9-15)12-14-6-4-3-5-7-14/h4,6-7,13,15-16H,3,5,8-12H2,1-2H3. The average Bonchev–Trinajstić information content (AvgIpc) is 2.32. The normalized spacial score (nSPS) is 23.1. The minimum absolute atomic E-state index is 0.621. The molecule has 0 bridgehead atoms. The van der Waals surface area contributed by atoms with E-state index in [1.54, 1.807) is 0 Å². The molecule has 1 aliphatic carbocycles. The molecular formula is C15H26N2. The molecule has 1 heterocycles. The first-order chi connectivity index (χ1) is 8.24. The van der Waals surface area contributed by atoms with Crippen molar-refractivity contribution in [2.75, 3.05) is 19.6 Å². The highest BCUT2D eigenvalue weighted by Crippen LogP contribution is 2.15. The van der Waals surface area contributed by atoms with Gasteiger partial charge in [0.2, 0.25) is 0 Å². The van der Waals surface area contributed by atoms with Gasteiger partial charge in [0.05, 0.1) is 0 Å². The summed E-state index contributed by atoms with van der Waals surface area (Å²) in [6.45, 7) is 8.13. The van der Waals surface area contributed by atoms with Gasteiger partial charge in [-0.1, -0.05) is 32.1 Å². The van der Waals surface area contributed by atoms with E-state index in [0.29, 0.717) is 6.04 Å². The van der Waals surface area contributed by atoms with Crippen LogP contribution < -0.4 is 5.32 Å². The minimum Gasteiger partial charge on any atom is -0.312 e. The second-order valence-corrected chi connectivity index (χ2v) is 5.63. The number of allylic oxidation sites excluding steroid dienone is 2. The van der Waals surface area contributed by atoms with Crippen LogP contribution in [0, 0.1) is 0 Å². The molecule has 1 aliphatic heterocycles. The van der Waals surface area contributed by atoms with Crippen molar-refractivity contribution in [2.45, 2.75) is 51.6 Å². The van der Waals surface area contributed by atoms with E-state index in [1.807, 2.05) is 0 Å². The first-order valence-corrected chi connectivity index (χ1v) is 7.08. The molecule has 2 rings (SSSR count). The summed E-state index contributed by atoms with van der Waals surface area (Å²) in [6, 6.07) is 1.36. The fraction of sp³-hybridized carbons (Fsp3) is 0.733. The molecule has 0 unspecified atom stereocenters. The van der Waals surface area contributed by atoms with E-state index in [9.17, 15) is 0 Å². The maximum atomic E-state index is 3.65. The maximum absolute atomic E-state index is 3.65. The summed E-state index contributed by atoms with van der Waals surface area (Å²) in [7, 11) is 0. The van der Waals surface area contributed by atoms with Crippen LogP contribution in [-0.2, 0) is 0 Å². The van der Waals surface area contributed by atoms with Crippen LogP contribution in [0.4, 0.5) is 0 Å². The third kappa shape index (κ3) is 4.29. The second kappa shape index (κ2) is 6.36. The Balaban J connectivity index is 1.72. The molecule has 0 saturated carbocycles. The maximum Gasteiger partial charge on any atom is 0.0230 e. The average molecular weight is 234 g/mol. The predicted octanol–water partition coefficient (Wildman–Crippen LogP) is 2.73. The molecule has 96 valence electrons. The monoisotopic (exact) mass is 234 g/mol. The highest BCUT2D eigenvalue weighted by Gasteiger charge is 2.19. The Morgan fingerprint density at radius 1 is 1.29 bits per heavy atom. The van der Waals surface area contributed by atoms with E-state index in [-0.39, 0.29) is 0 Å². The number of likely N-dealkylation sites (tertiary alicyclic amines) is 1. The molecule has 1 fully saturated rings. The Morgan fingerprint density at radius 3 is 2.65 bits per heavy atom. The fourth-order valence-electron chi connectivity index (χ4n) is 2.77. The first-order valence-electron chi connectivity index (χ1n) is 7.08. The molecule has 0 aromatic rings. The summed E-state index contributed by atoms with van der Waals surface area (Å²) >= 11 is 0. The van der Waals surface area contributed by atoms with Gasteiger partial charge in [-0.25, -0.2) is 0 Å². The van der Waals surface area contributed by atoms with Crippen LogP contribution in [0.5, 0.6) is 0 Å².